The molecule has 1 saturated carbocycles. The fourth-order valence-corrected chi connectivity index (χ4v) is 6.89. The lowest BCUT2D eigenvalue weighted by Gasteiger charge is -2.09. The molecule has 0 aromatic carbocycles. The van der Waals surface area contributed by atoms with E-state index in [1.807, 2.05) is 6.08 Å². The maximum Gasteiger partial charge on any atom is 0.243 e. The molecule has 1 fully saturated rings. The van der Waals surface area contributed by atoms with E-state index in [9.17, 15) is 9.59 Å². The number of hydrogen-bond donors (Lipinski definition) is 2. The number of carbonyl (C=O) groups excluding carboxylic acids is 2. The van der Waals surface area contributed by atoms with Crippen LogP contribution in [0.15, 0.2) is 24.3 Å². The molecule has 4 nitrogen and oxygen atoms in total. The minimum Gasteiger partial charge on any atom is -0.366 e. The zero-order valence-electron chi connectivity index (χ0n) is 32.7. The smallest absolute Gasteiger partial charge is 0.243 e. The molecular formula is C44H84N2O2. The van der Waals surface area contributed by atoms with E-state index >= 15 is 0 Å². The average Bonchev–Trinajstić information content (AvgIpc) is 3.48. The van der Waals surface area contributed by atoms with E-state index in [1.54, 1.807) is 6.08 Å². The summed E-state index contributed by atoms with van der Waals surface area (Å²) in [5, 5.41) is 3.14. The highest BCUT2D eigenvalue weighted by Gasteiger charge is 2.21. The Morgan fingerprint density at radius 1 is 0.521 bits per heavy atom. The maximum absolute atomic E-state index is 11.9. The van der Waals surface area contributed by atoms with Crippen molar-refractivity contribution in [1.82, 2.24) is 5.32 Å². The summed E-state index contributed by atoms with van der Waals surface area (Å²) >= 11 is 0. The van der Waals surface area contributed by atoms with E-state index in [-0.39, 0.29) is 11.8 Å². The lowest BCUT2D eigenvalue weighted by molar-refractivity contribution is -0.117. The van der Waals surface area contributed by atoms with Crippen LogP contribution in [0.5, 0.6) is 0 Å². The molecule has 0 aliphatic heterocycles. The van der Waals surface area contributed by atoms with Gasteiger partial charge in [0.1, 0.15) is 0 Å². The van der Waals surface area contributed by atoms with Gasteiger partial charge in [-0.15, -0.1) is 0 Å². The third-order valence-corrected chi connectivity index (χ3v) is 10.0. The first-order valence-electron chi connectivity index (χ1n) is 21.4. The van der Waals surface area contributed by atoms with E-state index in [0.717, 1.165) is 31.6 Å². The fraction of sp³-hybridized carbons (Fsp3) is 0.864. The number of carbonyl (C=O) groups is 2. The molecule has 0 radical (unpaired) electrons. The van der Waals surface area contributed by atoms with Gasteiger partial charge in [-0.25, -0.2) is 0 Å². The lowest BCUT2D eigenvalue weighted by atomic mass is 10.0. The second kappa shape index (κ2) is 38.2. The van der Waals surface area contributed by atoms with Gasteiger partial charge in [0.2, 0.25) is 11.8 Å². The normalized spacial score (nSPS) is 16.1. The number of hydrogen-bond acceptors (Lipinski definition) is 2. The van der Waals surface area contributed by atoms with Crippen molar-refractivity contribution in [2.45, 2.75) is 239 Å². The van der Waals surface area contributed by atoms with Gasteiger partial charge in [0, 0.05) is 6.04 Å². The van der Waals surface area contributed by atoms with Crippen LogP contribution in [0.3, 0.4) is 0 Å². The second-order valence-electron chi connectivity index (χ2n) is 15.1. The third kappa shape index (κ3) is 37.2. The Hall–Kier alpha value is -1.58. The van der Waals surface area contributed by atoms with E-state index < -0.39 is 0 Å². The average molecular weight is 673 g/mol. The minimum absolute atomic E-state index is 0.111. The monoisotopic (exact) mass is 673 g/mol. The van der Waals surface area contributed by atoms with Crippen molar-refractivity contribution >= 4 is 11.8 Å². The van der Waals surface area contributed by atoms with Gasteiger partial charge in [0.15, 0.2) is 0 Å². The molecule has 1 rings (SSSR count). The molecule has 0 unspecified atom stereocenters. The van der Waals surface area contributed by atoms with Crippen molar-refractivity contribution in [3.63, 3.8) is 0 Å². The highest BCUT2D eigenvalue weighted by atomic mass is 16.1. The van der Waals surface area contributed by atoms with Crippen LogP contribution in [0.4, 0.5) is 0 Å². The van der Waals surface area contributed by atoms with Crippen molar-refractivity contribution in [2.75, 3.05) is 0 Å². The Morgan fingerprint density at radius 2 is 0.854 bits per heavy atom. The summed E-state index contributed by atoms with van der Waals surface area (Å²) in [5.74, 6) is 0.551. The predicted octanol–water partition coefficient (Wildman–Crippen LogP) is 13.6. The number of unbranched alkanes of at least 4 members (excludes halogenated alkanes) is 28. The molecule has 3 N–H and O–H groups in total. The second-order valence-corrected chi connectivity index (χ2v) is 15.1. The third-order valence-electron chi connectivity index (χ3n) is 10.0. The summed E-state index contributed by atoms with van der Waals surface area (Å²) in [6.45, 7) is 6.84. The molecule has 0 saturated heterocycles. The molecule has 0 aromatic rings. The lowest BCUT2D eigenvalue weighted by Crippen LogP contribution is -2.31. The Morgan fingerprint density at radius 3 is 1.17 bits per heavy atom. The van der Waals surface area contributed by atoms with Crippen molar-refractivity contribution < 1.29 is 9.59 Å². The van der Waals surface area contributed by atoms with Crippen LogP contribution < -0.4 is 11.1 Å². The van der Waals surface area contributed by atoms with Gasteiger partial charge in [-0.2, -0.15) is 0 Å². The molecule has 282 valence electrons. The molecule has 2 atom stereocenters. The Labute approximate surface area is 300 Å². The highest BCUT2D eigenvalue weighted by molar-refractivity contribution is 5.87. The number of nitrogens with one attached hydrogen (secondary N) is 1. The Bertz CT molecular complexity index is 746. The molecule has 4 heteroatoms. The van der Waals surface area contributed by atoms with E-state index in [0.29, 0.717) is 6.04 Å². The first kappa shape index (κ1) is 46.4. The van der Waals surface area contributed by atoms with Crippen LogP contribution in [0.2, 0.25) is 0 Å². The van der Waals surface area contributed by atoms with Gasteiger partial charge in [-0.3, -0.25) is 9.59 Å². The summed E-state index contributed by atoms with van der Waals surface area (Å²) in [5.41, 5.74) is 5.03. The van der Waals surface area contributed by atoms with Crippen molar-refractivity contribution in [3.8, 4) is 0 Å². The summed E-state index contributed by atoms with van der Waals surface area (Å²) in [6, 6.07) is 0.415. The quantitative estimate of drug-likeness (QED) is 0.0538. The van der Waals surface area contributed by atoms with Crippen molar-refractivity contribution in [1.29, 1.82) is 0 Å². The molecule has 0 spiro atoms. The van der Waals surface area contributed by atoms with Crippen LogP contribution in [0.25, 0.3) is 0 Å². The summed E-state index contributed by atoms with van der Waals surface area (Å²) in [7, 11) is 0. The van der Waals surface area contributed by atoms with Crippen LogP contribution in [-0.4, -0.2) is 17.9 Å². The number of rotatable bonds is 33. The standard InChI is InChI=1S/C25H47NO.C19H37NO/c1-3-4-5-6-7-8-9-10-11-12-13-14-15-16-17-18-19-25(27)26-24-21-20-23(2)22-24;1-2-3-4-5-6-7-8-9-10-11-12-13-14-15-16-17-18-19(20)21/h18-19,23-24H,3-17,20-22H2,1-2H3,(H,26,27);17-18H,2-16H2,1H3,(H2,20,21)/b19-18+;18-17+/t23-,24+;/m0./s1. The van der Waals surface area contributed by atoms with Crippen LogP contribution in [-0.2, 0) is 9.59 Å². The molecular weight excluding hydrogens is 588 g/mol. The largest absolute Gasteiger partial charge is 0.366 e. The van der Waals surface area contributed by atoms with Gasteiger partial charge in [0.25, 0.3) is 0 Å². The van der Waals surface area contributed by atoms with Crippen LogP contribution in [0.1, 0.15) is 233 Å². The molecule has 0 bridgehead atoms. The summed E-state index contributed by atoms with van der Waals surface area (Å²) in [6.07, 6.45) is 51.7. The topological polar surface area (TPSA) is 72.2 Å². The minimum atomic E-state index is -0.333. The van der Waals surface area contributed by atoms with Crippen molar-refractivity contribution in [2.24, 2.45) is 11.7 Å². The molecule has 0 aromatic heterocycles. The summed E-state index contributed by atoms with van der Waals surface area (Å²) < 4.78 is 0. The molecule has 1 aliphatic carbocycles. The van der Waals surface area contributed by atoms with Gasteiger partial charge in [-0.05, 0) is 63.0 Å². The number of nitrogens with two attached hydrogens (primary N) is 1. The predicted molar refractivity (Wildman–Crippen MR) is 212 cm³/mol. The Kier molecular flexibility index (Phi) is 37.0. The van der Waals surface area contributed by atoms with Crippen LogP contribution in [0, 0.1) is 5.92 Å². The van der Waals surface area contributed by atoms with Crippen LogP contribution >= 0.6 is 0 Å². The first-order chi connectivity index (χ1) is 23.5. The van der Waals surface area contributed by atoms with Crippen molar-refractivity contribution in [3.05, 3.63) is 24.3 Å². The summed E-state index contributed by atoms with van der Waals surface area (Å²) in [4.78, 5) is 22.3. The van der Waals surface area contributed by atoms with Gasteiger partial charge < -0.3 is 11.1 Å². The SMILES string of the molecule is CCCCCCCCCCCCCCCC/C=C/C(=O)N[C@@H]1CC[C@H](C)C1.CCCCCCCCCCCCCCCC/C=C/C(N)=O. The highest BCUT2D eigenvalue weighted by Crippen LogP contribution is 2.24. The fourth-order valence-electron chi connectivity index (χ4n) is 6.89. The zero-order valence-corrected chi connectivity index (χ0v) is 32.7. The molecule has 0 heterocycles. The molecule has 1 aliphatic rings. The zero-order chi connectivity index (χ0) is 35.2. The Balaban J connectivity index is 0.000000952. The molecule has 2 amide bonds. The van der Waals surface area contributed by atoms with E-state index in [1.165, 1.54) is 192 Å². The molecule has 48 heavy (non-hydrogen) atoms. The number of primary amides is 1. The van der Waals surface area contributed by atoms with Gasteiger partial charge in [0.05, 0.1) is 0 Å². The maximum atomic E-state index is 11.9. The van der Waals surface area contributed by atoms with E-state index in [4.69, 9.17) is 5.73 Å². The first-order valence-corrected chi connectivity index (χ1v) is 21.4. The number of allylic oxidation sites excluding steroid dienone is 2. The van der Waals surface area contributed by atoms with Gasteiger partial charge in [-0.1, -0.05) is 200 Å². The van der Waals surface area contributed by atoms with E-state index in [2.05, 4.69) is 32.2 Å². The number of amides is 2. The van der Waals surface area contributed by atoms with Gasteiger partial charge >= 0.3 is 0 Å².